The van der Waals surface area contributed by atoms with Crippen LogP contribution < -0.4 is 16.2 Å². The lowest BCUT2D eigenvalue weighted by Crippen LogP contribution is -2.64. The van der Waals surface area contributed by atoms with Crippen LogP contribution in [0.5, 0.6) is 0 Å². The lowest BCUT2D eigenvalue weighted by Gasteiger charge is -2.49. The molecule has 0 bridgehead atoms. The number of carbonyl (C=O) groups is 1. The highest BCUT2D eigenvalue weighted by atomic mass is 16.2. The summed E-state index contributed by atoms with van der Waals surface area (Å²) in [5, 5.41) is 3.41. The first-order valence-electron chi connectivity index (χ1n) is 13.4. The van der Waals surface area contributed by atoms with Gasteiger partial charge in [0.05, 0.1) is 6.04 Å². The molecule has 35 heavy (non-hydrogen) atoms. The molecular formula is C28H38N6O. The second kappa shape index (κ2) is 9.52. The van der Waals surface area contributed by atoms with E-state index in [9.17, 15) is 4.79 Å². The van der Waals surface area contributed by atoms with Gasteiger partial charge in [0.25, 0.3) is 0 Å². The molecule has 6 unspecified atom stereocenters. The molecule has 2 aromatic rings. The van der Waals surface area contributed by atoms with Crippen LogP contribution in [0.25, 0.3) is 0 Å². The molecule has 3 N–H and O–H groups in total. The molecule has 7 heteroatoms. The molecule has 1 aromatic heterocycles. The average molecular weight is 475 g/mol. The van der Waals surface area contributed by atoms with E-state index >= 15 is 0 Å². The maximum Gasteiger partial charge on any atom is 0.317 e. The summed E-state index contributed by atoms with van der Waals surface area (Å²) in [6, 6.07) is 16.8. The lowest BCUT2D eigenvalue weighted by atomic mass is 9.71. The molecule has 186 valence electrons. The first-order valence-corrected chi connectivity index (χ1v) is 13.4. The van der Waals surface area contributed by atoms with Gasteiger partial charge in [-0.2, -0.15) is 0 Å². The van der Waals surface area contributed by atoms with Crippen LogP contribution in [0.4, 0.5) is 4.79 Å². The van der Waals surface area contributed by atoms with E-state index in [1.54, 1.807) is 0 Å². The highest BCUT2D eigenvalue weighted by molar-refractivity contribution is 5.76. The number of nitrogens with zero attached hydrogens (tertiary/aromatic N) is 3. The number of aryl methyl sites for hydroxylation is 1. The van der Waals surface area contributed by atoms with E-state index in [2.05, 4.69) is 87.3 Å². The third-order valence-corrected chi connectivity index (χ3v) is 9.00. The molecule has 7 atom stereocenters. The van der Waals surface area contributed by atoms with Gasteiger partial charge in [0.1, 0.15) is 0 Å². The molecule has 4 heterocycles. The Hall–Kier alpha value is -2.48. The van der Waals surface area contributed by atoms with Crippen molar-refractivity contribution >= 4 is 6.03 Å². The molecule has 0 radical (unpaired) electrons. The van der Waals surface area contributed by atoms with Crippen LogP contribution in [-0.4, -0.2) is 58.6 Å². The Labute approximate surface area is 208 Å². The van der Waals surface area contributed by atoms with E-state index < -0.39 is 0 Å². The fourth-order valence-electron chi connectivity index (χ4n) is 7.05. The SMILES string of the molecule is Cc1cc(C2NNC3CC4NC(=O)N([C@@H]5CCCN(C(C)c6ccccc6)C5)CC4CC32)ccn1. The van der Waals surface area contributed by atoms with Gasteiger partial charge in [0.2, 0.25) is 0 Å². The van der Waals surface area contributed by atoms with Gasteiger partial charge >= 0.3 is 6.03 Å². The summed E-state index contributed by atoms with van der Waals surface area (Å²) in [6.07, 6.45) is 6.26. The van der Waals surface area contributed by atoms with Gasteiger partial charge in [-0.15, -0.1) is 0 Å². The Kier molecular flexibility index (Phi) is 6.25. The van der Waals surface area contributed by atoms with Crippen LogP contribution in [0, 0.1) is 18.8 Å². The number of nitrogens with one attached hydrogen (secondary N) is 3. The second-order valence-electron chi connectivity index (χ2n) is 11.1. The minimum absolute atomic E-state index is 0.135. The van der Waals surface area contributed by atoms with Gasteiger partial charge in [-0.1, -0.05) is 30.3 Å². The smallest absolute Gasteiger partial charge is 0.317 e. The van der Waals surface area contributed by atoms with Crippen molar-refractivity contribution in [1.82, 2.24) is 31.0 Å². The van der Waals surface area contributed by atoms with Gasteiger partial charge in [-0.3, -0.25) is 15.3 Å². The summed E-state index contributed by atoms with van der Waals surface area (Å²) in [5.74, 6) is 1.01. The molecule has 1 aromatic carbocycles. The molecule has 3 saturated heterocycles. The molecule has 2 amide bonds. The lowest BCUT2D eigenvalue weighted by molar-refractivity contribution is 0.0448. The predicted octanol–water partition coefficient (Wildman–Crippen LogP) is 3.55. The van der Waals surface area contributed by atoms with Crippen LogP contribution in [0.15, 0.2) is 48.7 Å². The van der Waals surface area contributed by atoms with Crippen LogP contribution in [0.3, 0.4) is 0 Å². The molecular weight excluding hydrogens is 436 g/mol. The van der Waals surface area contributed by atoms with Crippen LogP contribution in [0.1, 0.15) is 61.5 Å². The van der Waals surface area contributed by atoms with E-state index in [1.807, 2.05) is 6.20 Å². The van der Waals surface area contributed by atoms with E-state index in [0.29, 0.717) is 30.0 Å². The fraction of sp³-hybridized carbons (Fsp3) is 0.571. The van der Waals surface area contributed by atoms with Gasteiger partial charge < -0.3 is 10.2 Å². The molecule has 6 rings (SSSR count). The van der Waals surface area contributed by atoms with Gasteiger partial charge in [-0.25, -0.2) is 10.2 Å². The first-order chi connectivity index (χ1) is 17.1. The summed E-state index contributed by atoms with van der Waals surface area (Å²) < 4.78 is 0. The highest BCUT2D eigenvalue weighted by Gasteiger charge is 2.48. The number of fused-ring (bicyclic) bond motifs is 2. The molecule has 1 saturated carbocycles. The monoisotopic (exact) mass is 474 g/mol. The number of aromatic nitrogens is 1. The molecule has 4 fully saturated rings. The zero-order valence-electron chi connectivity index (χ0n) is 20.9. The minimum Gasteiger partial charge on any atom is -0.335 e. The van der Waals surface area contributed by atoms with Crippen LogP contribution in [0.2, 0.25) is 0 Å². The summed E-state index contributed by atoms with van der Waals surface area (Å²) in [5.41, 5.74) is 10.8. The average Bonchev–Trinajstić information content (AvgIpc) is 3.30. The van der Waals surface area contributed by atoms with Gasteiger partial charge in [-0.05, 0) is 81.2 Å². The third-order valence-electron chi connectivity index (χ3n) is 9.00. The van der Waals surface area contributed by atoms with Crippen molar-refractivity contribution in [1.29, 1.82) is 0 Å². The highest BCUT2D eigenvalue weighted by Crippen LogP contribution is 2.42. The molecule has 7 nitrogen and oxygen atoms in total. The van der Waals surface area contributed by atoms with Crippen LogP contribution >= 0.6 is 0 Å². The number of pyridine rings is 1. The predicted molar refractivity (Wildman–Crippen MR) is 136 cm³/mol. The van der Waals surface area contributed by atoms with E-state index in [-0.39, 0.29) is 18.1 Å². The number of benzene rings is 1. The zero-order chi connectivity index (χ0) is 23.9. The van der Waals surface area contributed by atoms with Crippen molar-refractivity contribution in [2.45, 2.75) is 69.7 Å². The van der Waals surface area contributed by atoms with E-state index in [0.717, 1.165) is 51.0 Å². The van der Waals surface area contributed by atoms with Crippen molar-refractivity contribution in [3.63, 3.8) is 0 Å². The number of hydrazine groups is 1. The topological polar surface area (TPSA) is 72.5 Å². The largest absolute Gasteiger partial charge is 0.335 e. The van der Waals surface area contributed by atoms with Crippen molar-refractivity contribution in [3.05, 3.63) is 65.5 Å². The maximum absolute atomic E-state index is 13.3. The number of likely N-dealkylation sites (tertiary alicyclic amines) is 1. The second-order valence-corrected chi connectivity index (χ2v) is 11.1. The summed E-state index contributed by atoms with van der Waals surface area (Å²) in [6.45, 7) is 7.28. The Morgan fingerprint density at radius 3 is 2.74 bits per heavy atom. The number of hydrogen-bond acceptors (Lipinski definition) is 5. The normalized spacial score (nSPS) is 34.1. The molecule has 0 spiro atoms. The first kappa shape index (κ1) is 23.0. The Morgan fingerprint density at radius 1 is 1.06 bits per heavy atom. The Balaban J connectivity index is 1.15. The van der Waals surface area contributed by atoms with Crippen molar-refractivity contribution in [2.24, 2.45) is 11.8 Å². The standard InChI is InChI=1S/C28H38N6O/c1-18-13-21(10-11-29-18)27-24-14-22-16-34(28(35)30-25(22)15-26(24)31-32-27)23-9-6-12-33(17-23)19(2)20-7-4-3-5-8-20/h3-5,7-8,10-11,13,19,22-27,31-32H,6,9,12,14-17H2,1-2H3,(H,30,35)/t19?,22?,23-,24?,25?,26?,27?/m1/s1. The van der Waals surface area contributed by atoms with E-state index in [1.165, 1.54) is 11.1 Å². The maximum atomic E-state index is 13.3. The number of hydrogen-bond donors (Lipinski definition) is 3. The molecule has 1 aliphatic carbocycles. The minimum atomic E-state index is 0.135. The number of amides is 2. The number of urea groups is 1. The van der Waals surface area contributed by atoms with Gasteiger partial charge in [0, 0.05) is 49.1 Å². The fourth-order valence-corrected chi connectivity index (χ4v) is 7.05. The summed E-state index contributed by atoms with van der Waals surface area (Å²) in [7, 11) is 0. The number of piperidine rings is 1. The Morgan fingerprint density at radius 2 is 1.91 bits per heavy atom. The quantitative estimate of drug-likeness (QED) is 0.632. The Bertz CT molecular complexity index is 1050. The summed E-state index contributed by atoms with van der Waals surface area (Å²) >= 11 is 0. The van der Waals surface area contributed by atoms with Crippen molar-refractivity contribution in [2.75, 3.05) is 19.6 Å². The zero-order valence-corrected chi connectivity index (χ0v) is 20.9. The van der Waals surface area contributed by atoms with E-state index in [4.69, 9.17) is 0 Å². The molecule has 4 aliphatic rings. The van der Waals surface area contributed by atoms with Crippen molar-refractivity contribution < 1.29 is 4.79 Å². The van der Waals surface area contributed by atoms with Crippen LogP contribution in [-0.2, 0) is 0 Å². The number of carbonyl (C=O) groups excluding carboxylic acids is 1. The number of rotatable bonds is 4. The van der Waals surface area contributed by atoms with Gasteiger partial charge in [0.15, 0.2) is 0 Å². The summed E-state index contributed by atoms with van der Waals surface area (Å²) in [4.78, 5) is 22.4. The molecule has 3 aliphatic heterocycles. The van der Waals surface area contributed by atoms with Crippen molar-refractivity contribution in [3.8, 4) is 0 Å². The third kappa shape index (κ3) is 4.46.